The Bertz CT molecular complexity index is 382. The van der Waals surface area contributed by atoms with E-state index in [-0.39, 0.29) is 5.91 Å². The molecule has 0 radical (unpaired) electrons. The molecular weight excluding hydrogens is 216 g/mol. The Morgan fingerprint density at radius 1 is 1.35 bits per heavy atom. The van der Waals surface area contributed by atoms with Gasteiger partial charge in [-0.1, -0.05) is 6.92 Å². The molecule has 1 aromatic rings. The second-order valence-corrected chi connectivity index (χ2v) is 4.17. The number of nitrogens with zero attached hydrogens (tertiary/aromatic N) is 3. The van der Waals surface area contributed by atoms with Gasteiger partial charge in [0.1, 0.15) is 5.82 Å². The summed E-state index contributed by atoms with van der Waals surface area (Å²) in [4.78, 5) is 19.9. The number of amides is 1. The van der Waals surface area contributed by atoms with Gasteiger partial charge in [-0.3, -0.25) is 4.79 Å². The number of carbonyl (C=O) groups is 1. The maximum absolute atomic E-state index is 11.5. The minimum atomic E-state index is 0.231. The van der Waals surface area contributed by atoms with Crippen LogP contribution in [0.5, 0.6) is 0 Å². The molecular formula is C12H18N4O. The molecule has 0 aliphatic carbocycles. The number of nitrogen functional groups attached to an aromatic ring is 1. The number of nitrogens with two attached hydrogens (primary N) is 1. The number of carbonyl (C=O) groups excluding carboxylic acids is 1. The van der Waals surface area contributed by atoms with E-state index in [1.54, 1.807) is 6.20 Å². The Kier molecular flexibility index (Phi) is 3.46. The molecule has 0 bridgehead atoms. The van der Waals surface area contributed by atoms with E-state index in [9.17, 15) is 4.79 Å². The molecule has 5 heteroatoms. The van der Waals surface area contributed by atoms with Gasteiger partial charge in [0.15, 0.2) is 0 Å². The van der Waals surface area contributed by atoms with Gasteiger partial charge in [0.2, 0.25) is 5.91 Å². The lowest BCUT2D eigenvalue weighted by atomic mass is 10.2. The lowest BCUT2D eigenvalue weighted by Gasteiger charge is -2.35. The lowest BCUT2D eigenvalue weighted by Crippen LogP contribution is -2.48. The zero-order valence-corrected chi connectivity index (χ0v) is 10.1. The lowest BCUT2D eigenvalue weighted by molar-refractivity contribution is -0.131. The summed E-state index contributed by atoms with van der Waals surface area (Å²) < 4.78 is 0. The first-order valence-corrected chi connectivity index (χ1v) is 5.95. The first-order chi connectivity index (χ1) is 8.20. The molecule has 1 aromatic heterocycles. The molecule has 0 aromatic carbocycles. The predicted octanol–water partition coefficient (Wildman–Crippen LogP) is 0.722. The van der Waals surface area contributed by atoms with E-state index in [4.69, 9.17) is 5.73 Å². The molecule has 2 rings (SSSR count). The van der Waals surface area contributed by atoms with Crippen LogP contribution in [0, 0.1) is 0 Å². The topological polar surface area (TPSA) is 62.5 Å². The minimum Gasteiger partial charge on any atom is -0.397 e. The van der Waals surface area contributed by atoms with Crippen molar-refractivity contribution in [2.24, 2.45) is 0 Å². The normalized spacial score (nSPS) is 16.1. The van der Waals surface area contributed by atoms with Crippen LogP contribution in [-0.2, 0) is 4.79 Å². The van der Waals surface area contributed by atoms with Gasteiger partial charge >= 0.3 is 0 Å². The van der Waals surface area contributed by atoms with E-state index < -0.39 is 0 Å². The molecule has 0 atom stereocenters. The van der Waals surface area contributed by atoms with Gasteiger partial charge < -0.3 is 15.5 Å². The van der Waals surface area contributed by atoms with Crippen LogP contribution in [0.3, 0.4) is 0 Å². The molecule has 1 fully saturated rings. The molecule has 92 valence electrons. The fourth-order valence-electron chi connectivity index (χ4n) is 1.99. The van der Waals surface area contributed by atoms with Crippen LogP contribution in [0.1, 0.15) is 13.3 Å². The van der Waals surface area contributed by atoms with Gasteiger partial charge in [-0.2, -0.15) is 0 Å². The molecule has 0 unspecified atom stereocenters. The summed E-state index contributed by atoms with van der Waals surface area (Å²) in [6.07, 6.45) is 2.25. The second kappa shape index (κ2) is 5.03. The highest BCUT2D eigenvalue weighted by atomic mass is 16.2. The van der Waals surface area contributed by atoms with Crippen LogP contribution >= 0.6 is 0 Å². The van der Waals surface area contributed by atoms with Crippen molar-refractivity contribution in [2.75, 3.05) is 36.8 Å². The third-order valence-electron chi connectivity index (χ3n) is 3.03. The minimum absolute atomic E-state index is 0.231. The van der Waals surface area contributed by atoms with Crippen molar-refractivity contribution in [3.8, 4) is 0 Å². The quantitative estimate of drug-likeness (QED) is 0.819. The Morgan fingerprint density at radius 2 is 2.06 bits per heavy atom. The molecule has 0 saturated carbocycles. The Balaban J connectivity index is 1.95. The number of anilines is 2. The van der Waals surface area contributed by atoms with Gasteiger partial charge in [0.25, 0.3) is 0 Å². The maximum atomic E-state index is 11.5. The van der Waals surface area contributed by atoms with E-state index in [0.29, 0.717) is 12.1 Å². The van der Waals surface area contributed by atoms with E-state index in [0.717, 1.165) is 32.0 Å². The van der Waals surface area contributed by atoms with Crippen LogP contribution in [0.4, 0.5) is 11.5 Å². The van der Waals surface area contributed by atoms with Gasteiger partial charge in [0.05, 0.1) is 11.9 Å². The molecule has 17 heavy (non-hydrogen) atoms. The summed E-state index contributed by atoms with van der Waals surface area (Å²) in [6, 6.07) is 3.78. The molecule has 1 aliphatic rings. The fraction of sp³-hybridized carbons (Fsp3) is 0.500. The number of hydrogen-bond donors (Lipinski definition) is 1. The van der Waals surface area contributed by atoms with Crippen molar-refractivity contribution < 1.29 is 4.79 Å². The molecule has 2 N–H and O–H groups in total. The number of rotatable bonds is 2. The third kappa shape index (κ3) is 2.67. The summed E-state index contributed by atoms with van der Waals surface area (Å²) in [5.41, 5.74) is 6.28. The van der Waals surface area contributed by atoms with Crippen molar-refractivity contribution in [3.63, 3.8) is 0 Å². The van der Waals surface area contributed by atoms with Crippen molar-refractivity contribution in [2.45, 2.75) is 13.3 Å². The summed E-state index contributed by atoms with van der Waals surface area (Å²) in [7, 11) is 0. The van der Waals surface area contributed by atoms with Gasteiger partial charge in [0, 0.05) is 32.6 Å². The van der Waals surface area contributed by atoms with Gasteiger partial charge in [-0.15, -0.1) is 0 Å². The van der Waals surface area contributed by atoms with Crippen molar-refractivity contribution in [1.82, 2.24) is 9.88 Å². The average Bonchev–Trinajstić information content (AvgIpc) is 2.39. The van der Waals surface area contributed by atoms with Crippen LogP contribution in [0.25, 0.3) is 0 Å². The SMILES string of the molecule is CCC(=O)N1CCN(c2ccc(N)cn2)CC1. The standard InChI is InChI=1S/C12H18N4O/c1-2-12(17)16-7-5-15(6-8-16)11-4-3-10(13)9-14-11/h3-4,9H,2,5-8,13H2,1H3. The monoisotopic (exact) mass is 234 g/mol. The first-order valence-electron chi connectivity index (χ1n) is 5.95. The van der Waals surface area contributed by atoms with Crippen LogP contribution in [0.2, 0.25) is 0 Å². The fourth-order valence-corrected chi connectivity index (χ4v) is 1.99. The first kappa shape index (κ1) is 11.7. The Morgan fingerprint density at radius 3 is 2.59 bits per heavy atom. The average molecular weight is 234 g/mol. The summed E-state index contributed by atoms with van der Waals surface area (Å²) in [6.45, 7) is 5.12. The number of hydrogen-bond acceptors (Lipinski definition) is 4. The molecule has 1 aliphatic heterocycles. The zero-order chi connectivity index (χ0) is 12.3. The highest BCUT2D eigenvalue weighted by Crippen LogP contribution is 2.14. The third-order valence-corrected chi connectivity index (χ3v) is 3.03. The largest absolute Gasteiger partial charge is 0.397 e. The number of piperazine rings is 1. The van der Waals surface area contributed by atoms with Crippen LogP contribution < -0.4 is 10.6 Å². The highest BCUT2D eigenvalue weighted by Gasteiger charge is 2.20. The molecule has 2 heterocycles. The van der Waals surface area contributed by atoms with E-state index >= 15 is 0 Å². The van der Waals surface area contributed by atoms with Crippen molar-refractivity contribution >= 4 is 17.4 Å². The van der Waals surface area contributed by atoms with Gasteiger partial charge in [-0.25, -0.2) is 4.98 Å². The smallest absolute Gasteiger partial charge is 0.222 e. The summed E-state index contributed by atoms with van der Waals surface area (Å²) >= 11 is 0. The highest BCUT2D eigenvalue weighted by molar-refractivity contribution is 5.76. The van der Waals surface area contributed by atoms with Crippen molar-refractivity contribution in [1.29, 1.82) is 0 Å². The number of pyridine rings is 1. The van der Waals surface area contributed by atoms with E-state index in [1.165, 1.54) is 0 Å². The van der Waals surface area contributed by atoms with E-state index in [2.05, 4.69) is 9.88 Å². The van der Waals surface area contributed by atoms with Gasteiger partial charge in [-0.05, 0) is 12.1 Å². The Hall–Kier alpha value is -1.78. The number of aromatic nitrogens is 1. The summed E-state index contributed by atoms with van der Waals surface area (Å²) in [5, 5.41) is 0. The zero-order valence-electron chi connectivity index (χ0n) is 10.1. The second-order valence-electron chi connectivity index (χ2n) is 4.17. The van der Waals surface area contributed by atoms with Crippen LogP contribution in [0.15, 0.2) is 18.3 Å². The van der Waals surface area contributed by atoms with Crippen LogP contribution in [-0.4, -0.2) is 42.0 Å². The molecule has 0 spiro atoms. The molecule has 5 nitrogen and oxygen atoms in total. The molecule has 1 saturated heterocycles. The van der Waals surface area contributed by atoms with Crippen molar-refractivity contribution in [3.05, 3.63) is 18.3 Å². The predicted molar refractivity (Wildman–Crippen MR) is 67.7 cm³/mol. The van der Waals surface area contributed by atoms with E-state index in [1.807, 2.05) is 24.0 Å². The maximum Gasteiger partial charge on any atom is 0.222 e. The summed E-state index contributed by atoms with van der Waals surface area (Å²) in [5.74, 6) is 1.16. The molecule has 1 amide bonds. The Labute approximate surface area is 101 Å².